The standard InChI is InChI=1S/C85H136O17P2/c1-5-9-13-17-21-25-29-33-37-39-43-46-50-54-58-62-66-70-83(88)96-76-81(102-85(90)72-68-64-60-56-52-48-44-40-38-34-30-26-22-18-14-10-6-2)78-100-104(93,94)98-74-79(86)73-97-103(91,92)99-77-80(101-84(89)71-67-63-59-55-51-47-42-36-32-28-24-20-16-12-8-4)75-95-82(87)69-65-61-57-53-49-45-41-35-31-27-23-19-15-11-7-3/h9-11,13-15,21-23,25-27,33-38,41-44,46,48-49,53-54,58,61,65,79-81,86H,5-8,12,16-20,24,28-32,39-40,45,47,50-52,55-57,59-60,62-64,66-78H2,1-4H3,(H,91,92)(H,93,94)/b13-9-,14-10-,15-11-,25-21-,26-22-,27-23-,37-33-,38-34-,41-35-,42-36-,46-43-,48-44-,53-49-,58-54-,65-61-. The quantitative estimate of drug-likeness (QED) is 0.0169. The van der Waals surface area contributed by atoms with Crippen molar-refractivity contribution < 1.29 is 80.2 Å². The number of unbranched alkanes of at least 4 members (excludes halogenated alkanes) is 16. The van der Waals surface area contributed by atoms with Crippen molar-refractivity contribution in [3.8, 4) is 0 Å². The second kappa shape index (κ2) is 75.4. The molecule has 104 heavy (non-hydrogen) atoms. The van der Waals surface area contributed by atoms with Crippen molar-refractivity contribution in [1.82, 2.24) is 0 Å². The van der Waals surface area contributed by atoms with Gasteiger partial charge in [-0.15, -0.1) is 0 Å². The molecular formula is C85H136O17P2. The SMILES string of the molecule is CC/C=C\C/C=C\C/C=C\C/C=C\C/C=C\CCCC(=O)OCC(COP(=O)(O)OCC(O)COP(=O)(O)OCC(COC(=O)C/C=C\C/C=C\C/C=C\C/C=C\C/C=C\CC)OC(=O)CCCCCCC/C=C\CCCCCCCC)OC(=O)CCCCCC/C=C\C/C=C\C/C=C\C/C=C\CC. The van der Waals surface area contributed by atoms with Crippen LogP contribution in [-0.4, -0.2) is 96.7 Å². The van der Waals surface area contributed by atoms with Crippen LogP contribution in [0.5, 0.6) is 0 Å². The van der Waals surface area contributed by atoms with Crippen molar-refractivity contribution in [2.24, 2.45) is 0 Å². The number of hydrogen-bond acceptors (Lipinski definition) is 15. The predicted molar refractivity (Wildman–Crippen MR) is 426 cm³/mol. The lowest BCUT2D eigenvalue weighted by molar-refractivity contribution is -0.161. The summed E-state index contributed by atoms with van der Waals surface area (Å²) in [7, 11) is -10.0. The van der Waals surface area contributed by atoms with Crippen molar-refractivity contribution in [3.05, 3.63) is 182 Å². The van der Waals surface area contributed by atoms with E-state index in [-0.39, 0.29) is 25.7 Å². The molecule has 0 aliphatic heterocycles. The fraction of sp³-hybridized carbons (Fsp3) is 0.600. The molecule has 5 atom stereocenters. The molecule has 3 N–H and O–H groups in total. The Morgan fingerprint density at radius 1 is 0.288 bits per heavy atom. The molecule has 0 spiro atoms. The molecule has 0 aliphatic rings. The van der Waals surface area contributed by atoms with Gasteiger partial charge in [0.2, 0.25) is 0 Å². The van der Waals surface area contributed by atoms with Gasteiger partial charge < -0.3 is 33.8 Å². The van der Waals surface area contributed by atoms with Crippen molar-refractivity contribution in [3.63, 3.8) is 0 Å². The summed E-state index contributed by atoms with van der Waals surface area (Å²) in [6.07, 6.45) is 90.6. The van der Waals surface area contributed by atoms with Crippen molar-refractivity contribution in [2.45, 2.75) is 290 Å². The maximum Gasteiger partial charge on any atom is 0.472 e. The highest BCUT2D eigenvalue weighted by Gasteiger charge is 2.30. The highest BCUT2D eigenvalue weighted by Crippen LogP contribution is 2.45. The van der Waals surface area contributed by atoms with Gasteiger partial charge in [0.25, 0.3) is 0 Å². The van der Waals surface area contributed by atoms with E-state index in [2.05, 4.69) is 174 Å². The monoisotopic (exact) mass is 1490 g/mol. The fourth-order valence-corrected chi connectivity index (χ4v) is 11.1. The summed E-state index contributed by atoms with van der Waals surface area (Å²) < 4.78 is 68.3. The number of phosphoric acid groups is 2. The summed E-state index contributed by atoms with van der Waals surface area (Å²) >= 11 is 0. The van der Waals surface area contributed by atoms with E-state index in [1.807, 2.05) is 30.4 Å². The topological polar surface area (TPSA) is 237 Å². The van der Waals surface area contributed by atoms with Crippen LogP contribution >= 0.6 is 15.6 Å². The number of hydrogen-bond donors (Lipinski definition) is 3. The van der Waals surface area contributed by atoms with Crippen LogP contribution in [0.3, 0.4) is 0 Å². The maximum absolute atomic E-state index is 13.1. The fourth-order valence-electron chi connectivity index (χ4n) is 9.55. The Labute approximate surface area is 628 Å². The second-order valence-corrected chi connectivity index (χ2v) is 28.1. The Balaban J connectivity index is 5.53. The first kappa shape index (κ1) is 98.2. The van der Waals surface area contributed by atoms with E-state index in [4.69, 9.17) is 37.0 Å². The number of aliphatic hydroxyl groups is 1. The molecule has 0 rings (SSSR count). The lowest BCUT2D eigenvalue weighted by Crippen LogP contribution is -2.30. The third-order valence-corrected chi connectivity index (χ3v) is 17.3. The van der Waals surface area contributed by atoms with Gasteiger partial charge in [0.05, 0.1) is 32.8 Å². The van der Waals surface area contributed by atoms with E-state index in [1.165, 1.54) is 38.5 Å². The summed E-state index contributed by atoms with van der Waals surface area (Å²) in [5.41, 5.74) is 0. The predicted octanol–water partition coefficient (Wildman–Crippen LogP) is 22.8. The lowest BCUT2D eigenvalue weighted by Gasteiger charge is -2.21. The van der Waals surface area contributed by atoms with Crippen LogP contribution in [0.25, 0.3) is 0 Å². The third-order valence-electron chi connectivity index (χ3n) is 15.4. The highest BCUT2D eigenvalue weighted by molar-refractivity contribution is 7.47. The van der Waals surface area contributed by atoms with E-state index in [1.54, 1.807) is 6.08 Å². The van der Waals surface area contributed by atoms with Crippen molar-refractivity contribution >= 4 is 39.5 Å². The smallest absolute Gasteiger partial charge is 0.462 e. The van der Waals surface area contributed by atoms with Crippen molar-refractivity contribution in [1.29, 1.82) is 0 Å². The van der Waals surface area contributed by atoms with E-state index in [0.717, 1.165) is 148 Å². The molecule has 0 radical (unpaired) electrons. The van der Waals surface area contributed by atoms with Crippen molar-refractivity contribution in [2.75, 3.05) is 39.6 Å². The Morgan fingerprint density at radius 3 is 0.894 bits per heavy atom. The van der Waals surface area contributed by atoms with E-state index in [9.17, 15) is 43.2 Å². The van der Waals surface area contributed by atoms with Crippen LogP contribution in [-0.2, 0) is 65.4 Å². The van der Waals surface area contributed by atoms with Crippen LogP contribution in [0.15, 0.2) is 182 Å². The molecule has 0 heterocycles. The molecule has 0 fully saturated rings. The molecule has 19 heteroatoms. The van der Waals surface area contributed by atoms with Gasteiger partial charge in [-0.3, -0.25) is 37.3 Å². The van der Waals surface area contributed by atoms with E-state index < -0.39 is 97.5 Å². The van der Waals surface area contributed by atoms with Crippen LogP contribution < -0.4 is 0 Å². The first-order valence-corrected chi connectivity index (χ1v) is 42.0. The minimum atomic E-state index is -5.01. The van der Waals surface area contributed by atoms with Crippen LogP contribution in [0, 0.1) is 0 Å². The van der Waals surface area contributed by atoms with Gasteiger partial charge in [-0.05, 0) is 154 Å². The zero-order valence-electron chi connectivity index (χ0n) is 64.1. The molecule has 0 aromatic rings. The molecule has 0 amide bonds. The van der Waals surface area contributed by atoms with E-state index in [0.29, 0.717) is 32.1 Å². The summed E-state index contributed by atoms with van der Waals surface area (Å²) in [6.45, 7) is 4.28. The van der Waals surface area contributed by atoms with Gasteiger partial charge in [-0.25, -0.2) is 9.13 Å². The maximum atomic E-state index is 13.1. The first-order chi connectivity index (χ1) is 50.7. The number of aliphatic hydroxyl groups excluding tert-OH is 1. The van der Waals surface area contributed by atoms with Crippen LogP contribution in [0.2, 0.25) is 0 Å². The van der Waals surface area contributed by atoms with Gasteiger partial charge in [0.1, 0.15) is 19.3 Å². The summed E-state index contributed by atoms with van der Waals surface area (Å²) in [6, 6.07) is 0. The Kier molecular flexibility index (Phi) is 71.2. The molecule has 5 unspecified atom stereocenters. The normalized spacial score (nSPS) is 14.9. The summed E-state index contributed by atoms with van der Waals surface area (Å²) in [5.74, 6) is -2.45. The zero-order chi connectivity index (χ0) is 76.0. The first-order valence-electron chi connectivity index (χ1n) is 39.0. The van der Waals surface area contributed by atoms with Crippen LogP contribution in [0.4, 0.5) is 0 Å². The minimum absolute atomic E-state index is 0.0450. The molecular weight excluding hydrogens is 1350 g/mol. The van der Waals surface area contributed by atoms with E-state index >= 15 is 0 Å². The van der Waals surface area contributed by atoms with Crippen LogP contribution in [0.1, 0.15) is 272 Å². The Hall–Kier alpha value is -5.84. The molecule has 0 aromatic carbocycles. The van der Waals surface area contributed by atoms with Gasteiger partial charge in [-0.1, -0.05) is 274 Å². The molecule has 0 bridgehead atoms. The van der Waals surface area contributed by atoms with Gasteiger partial charge in [-0.2, -0.15) is 0 Å². The summed E-state index contributed by atoms with van der Waals surface area (Å²) in [4.78, 5) is 72.9. The van der Waals surface area contributed by atoms with Gasteiger partial charge >= 0.3 is 39.5 Å². The Bertz CT molecular complexity index is 2690. The number of esters is 4. The average molecular weight is 1490 g/mol. The minimum Gasteiger partial charge on any atom is -0.462 e. The summed E-state index contributed by atoms with van der Waals surface area (Å²) in [5, 5.41) is 10.6. The largest absolute Gasteiger partial charge is 0.472 e. The van der Waals surface area contributed by atoms with Gasteiger partial charge in [0, 0.05) is 19.3 Å². The highest BCUT2D eigenvalue weighted by atomic mass is 31.2. The number of carbonyl (C=O) groups is 4. The third kappa shape index (κ3) is 74.4. The number of phosphoric ester groups is 2. The zero-order valence-corrected chi connectivity index (χ0v) is 65.9. The molecule has 0 saturated heterocycles. The second-order valence-electron chi connectivity index (χ2n) is 25.2. The number of carbonyl (C=O) groups excluding carboxylic acids is 4. The molecule has 0 aliphatic carbocycles. The molecule has 0 saturated carbocycles. The number of rotatable bonds is 71. The number of allylic oxidation sites excluding steroid dienone is 29. The average Bonchev–Trinajstić information content (AvgIpc) is 0.926. The van der Waals surface area contributed by atoms with Gasteiger partial charge in [0.15, 0.2) is 12.2 Å². The molecule has 0 aromatic heterocycles. The Morgan fingerprint density at radius 2 is 0.548 bits per heavy atom. The lowest BCUT2D eigenvalue weighted by atomic mass is 10.1. The molecule has 588 valence electrons. The number of ether oxygens (including phenoxy) is 4. The molecule has 17 nitrogen and oxygen atoms in total.